The SMILES string of the molecule is Cc1nc(SCCN2CCOCC2)sc1CC(=O)O. The van der Waals surface area contributed by atoms with E-state index in [1.807, 2.05) is 6.92 Å². The third kappa shape index (κ3) is 4.76. The van der Waals surface area contributed by atoms with Crippen molar-refractivity contribution in [3.05, 3.63) is 10.6 Å². The zero-order chi connectivity index (χ0) is 13.7. The normalized spacial score (nSPS) is 16.7. The van der Waals surface area contributed by atoms with E-state index in [0.717, 1.165) is 53.5 Å². The third-order valence-electron chi connectivity index (χ3n) is 2.92. The average Bonchev–Trinajstić information content (AvgIpc) is 2.70. The molecule has 1 fully saturated rings. The fourth-order valence-electron chi connectivity index (χ4n) is 1.85. The summed E-state index contributed by atoms with van der Waals surface area (Å²) < 4.78 is 6.28. The van der Waals surface area contributed by atoms with Crippen LogP contribution in [0.1, 0.15) is 10.6 Å². The Morgan fingerprint density at radius 3 is 2.95 bits per heavy atom. The number of aromatic nitrogens is 1. The van der Waals surface area contributed by atoms with Gasteiger partial charge in [-0.1, -0.05) is 11.8 Å². The van der Waals surface area contributed by atoms with Crippen molar-refractivity contribution in [1.29, 1.82) is 0 Å². The van der Waals surface area contributed by atoms with Gasteiger partial charge in [0.1, 0.15) is 4.34 Å². The minimum Gasteiger partial charge on any atom is -0.481 e. The van der Waals surface area contributed by atoms with Gasteiger partial charge in [-0.25, -0.2) is 4.98 Å². The highest BCUT2D eigenvalue weighted by atomic mass is 32.2. The number of aliphatic carboxylic acids is 1. The van der Waals surface area contributed by atoms with Gasteiger partial charge in [0, 0.05) is 30.3 Å². The lowest BCUT2D eigenvalue weighted by Gasteiger charge is -2.26. The topological polar surface area (TPSA) is 62.7 Å². The van der Waals surface area contributed by atoms with Gasteiger partial charge in [-0.3, -0.25) is 9.69 Å². The van der Waals surface area contributed by atoms with Crippen LogP contribution in [0.5, 0.6) is 0 Å². The number of hydrogen-bond acceptors (Lipinski definition) is 6. The summed E-state index contributed by atoms with van der Waals surface area (Å²) in [6.45, 7) is 6.55. The number of morpholine rings is 1. The van der Waals surface area contributed by atoms with E-state index in [2.05, 4.69) is 9.88 Å². The van der Waals surface area contributed by atoms with Crippen LogP contribution in [0.25, 0.3) is 0 Å². The second kappa shape index (κ2) is 7.23. The Labute approximate surface area is 121 Å². The largest absolute Gasteiger partial charge is 0.481 e. The number of aryl methyl sites for hydroxylation is 1. The Kier molecular flexibility index (Phi) is 5.62. The van der Waals surface area contributed by atoms with Crippen LogP contribution in [0, 0.1) is 6.92 Å². The van der Waals surface area contributed by atoms with E-state index in [1.165, 1.54) is 11.3 Å². The first-order chi connectivity index (χ1) is 9.15. The van der Waals surface area contributed by atoms with Crippen molar-refractivity contribution in [2.24, 2.45) is 0 Å². The molecule has 106 valence electrons. The fraction of sp³-hybridized carbons (Fsp3) is 0.667. The summed E-state index contributed by atoms with van der Waals surface area (Å²) in [6.07, 6.45) is 0.0769. The van der Waals surface area contributed by atoms with Crippen LogP contribution in [-0.4, -0.2) is 59.6 Å². The van der Waals surface area contributed by atoms with Gasteiger partial charge < -0.3 is 9.84 Å². The highest BCUT2D eigenvalue weighted by Gasteiger charge is 2.13. The van der Waals surface area contributed by atoms with Crippen molar-refractivity contribution in [2.75, 3.05) is 38.6 Å². The summed E-state index contributed by atoms with van der Waals surface area (Å²) in [4.78, 5) is 18.4. The van der Waals surface area contributed by atoms with E-state index in [1.54, 1.807) is 11.8 Å². The van der Waals surface area contributed by atoms with Crippen LogP contribution in [-0.2, 0) is 16.0 Å². The maximum absolute atomic E-state index is 10.7. The number of carboxylic acids is 1. The molecule has 0 spiro atoms. The Morgan fingerprint density at radius 1 is 1.53 bits per heavy atom. The molecule has 5 nitrogen and oxygen atoms in total. The molecule has 19 heavy (non-hydrogen) atoms. The van der Waals surface area contributed by atoms with E-state index in [-0.39, 0.29) is 6.42 Å². The first kappa shape index (κ1) is 14.8. The quantitative estimate of drug-likeness (QED) is 0.804. The zero-order valence-electron chi connectivity index (χ0n) is 10.9. The third-order valence-corrected chi connectivity index (χ3v) is 5.20. The number of hydrogen-bond donors (Lipinski definition) is 1. The van der Waals surface area contributed by atoms with Crippen molar-refractivity contribution in [3.63, 3.8) is 0 Å². The maximum atomic E-state index is 10.7. The maximum Gasteiger partial charge on any atom is 0.308 e. The van der Waals surface area contributed by atoms with Crippen molar-refractivity contribution in [2.45, 2.75) is 17.7 Å². The molecule has 0 saturated carbocycles. The molecule has 0 amide bonds. The number of ether oxygens (including phenoxy) is 1. The fourth-order valence-corrected chi connectivity index (χ4v) is 4.15. The van der Waals surface area contributed by atoms with Gasteiger partial charge in [-0.2, -0.15) is 0 Å². The minimum atomic E-state index is -0.795. The number of nitrogens with zero attached hydrogens (tertiary/aromatic N) is 2. The molecular formula is C12H18N2O3S2. The van der Waals surface area contributed by atoms with Crippen LogP contribution >= 0.6 is 23.1 Å². The predicted molar refractivity (Wildman–Crippen MR) is 76.2 cm³/mol. The molecule has 7 heteroatoms. The number of thiazole rings is 1. The average molecular weight is 302 g/mol. The van der Waals surface area contributed by atoms with Gasteiger partial charge in [0.25, 0.3) is 0 Å². The second-order valence-electron chi connectivity index (χ2n) is 4.36. The molecule has 1 aliphatic rings. The molecular weight excluding hydrogens is 284 g/mol. The zero-order valence-corrected chi connectivity index (χ0v) is 12.6. The molecule has 0 bridgehead atoms. The lowest BCUT2D eigenvalue weighted by molar-refractivity contribution is -0.136. The number of thioether (sulfide) groups is 1. The number of carbonyl (C=O) groups is 1. The molecule has 2 heterocycles. The Balaban J connectivity index is 1.77. The summed E-state index contributed by atoms with van der Waals surface area (Å²) in [6, 6.07) is 0. The van der Waals surface area contributed by atoms with Gasteiger partial charge in [0.15, 0.2) is 0 Å². The van der Waals surface area contributed by atoms with Crippen LogP contribution in [0.15, 0.2) is 4.34 Å². The van der Waals surface area contributed by atoms with Gasteiger partial charge >= 0.3 is 5.97 Å². The molecule has 0 unspecified atom stereocenters. The smallest absolute Gasteiger partial charge is 0.308 e. The van der Waals surface area contributed by atoms with Gasteiger partial charge in [0.05, 0.1) is 25.3 Å². The molecule has 1 saturated heterocycles. The lowest BCUT2D eigenvalue weighted by Crippen LogP contribution is -2.37. The summed E-state index contributed by atoms with van der Waals surface area (Å²) in [7, 11) is 0. The van der Waals surface area contributed by atoms with Gasteiger partial charge in [-0.05, 0) is 6.92 Å². The van der Waals surface area contributed by atoms with Crippen LogP contribution in [0.4, 0.5) is 0 Å². The standard InChI is InChI=1S/C12H18N2O3S2/c1-9-10(8-11(15)16)19-12(13-9)18-7-4-14-2-5-17-6-3-14/h2-8H2,1H3,(H,15,16). The van der Waals surface area contributed by atoms with Crippen LogP contribution in [0.2, 0.25) is 0 Å². The highest BCUT2D eigenvalue weighted by molar-refractivity contribution is 8.01. The molecule has 0 radical (unpaired) electrons. The Morgan fingerprint density at radius 2 is 2.26 bits per heavy atom. The van der Waals surface area contributed by atoms with E-state index in [4.69, 9.17) is 9.84 Å². The molecule has 1 N–H and O–H groups in total. The van der Waals surface area contributed by atoms with E-state index >= 15 is 0 Å². The molecule has 0 atom stereocenters. The first-order valence-electron chi connectivity index (χ1n) is 6.26. The predicted octanol–water partition coefficient (Wildman–Crippen LogP) is 1.50. The van der Waals surface area contributed by atoms with E-state index < -0.39 is 5.97 Å². The molecule has 0 aromatic carbocycles. The highest BCUT2D eigenvalue weighted by Crippen LogP contribution is 2.27. The molecule has 1 aliphatic heterocycles. The van der Waals surface area contributed by atoms with Crippen molar-refractivity contribution < 1.29 is 14.6 Å². The molecule has 0 aliphatic carbocycles. The van der Waals surface area contributed by atoms with Crippen molar-refractivity contribution in [3.8, 4) is 0 Å². The molecule has 1 aromatic rings. The minimum absolute atomic E-state index is 0.0769. The lowest BCUT2D eigenvalue weighted by atomic mass is 10.3. The van der Waals surface area contributed by atoms with Gasteiger partial charge in [-0.15, -0.1) is 11.3 Å². The summed E-state index contributed by atoms with van der Waals surface area (Å²) >= 11 is 3.21. The molecule has 2 rings (SSSR count). The second-order valence-corrected chi connectivity index (χ2v) is 6.79. The summed E-state index contributed by atoms with van der Waals surface area (Å²) in [5.74, 6) is 0.191. The Hall–Kier alpha value is -0.630. The van der Waals surface area contributed by atoms with Crippen LogP contribution < -0.4 is 0 Å². The first-order valence-corrected chi connectivity index (χ1v) is 8.06. The monoisotopic (exact) mass is 302 g/mol. The van der Waals surface area contributed by atoms with E-state index in [0.29, 0.717) is 0 Å². The summed E-state index contributed by atoms with van der Waals surface area (Å²) in [5, 5.41) is 8.80. The van der Waals surface area contributed by atoms with Crippen molar-refractivity contribution in [1.82, 2.24) is 9.88 Å². The Bertz CT molecular complexity index is 431. The van der Waals surface area contributed by atoms with Crippen molar-refractivity contribution >= 4 is 29.1 Å². The van der Waals surface area contributed by atoms with Gasteiger partial charge in [0.2, 0.25) is 0 Å². The summed E-state index contributed by atoms with van der Waals surface area (Å²) in [5.41, 5.74) is 0.848. The molecule has 1 aromatic heterocycles. The number of carboxylic acid groups (broad SMARTS) is 1. The number of rotatable bonds is 6. The van der Waals surface area contributed by atoms with Crippen LogP contribution in [0.3, 0.4) is 0 Å². The van der Waals surface area contributed by atoms with E-state index in [9.17, 15) is 4.79 Å².